The smallest absolute Gasteiger partial charge is 0.0967 e. The zero-order valence-corrected chi connectivity index (χ0v) is 12.9. The molecule has 1 aromatic heterocycles. The van der Waals surface area contributed by atoms with Crippen molar-refractivity contribution in [3.63, 3.8) is 0 Å². The summed E-state index contributed by atoms with van der Waals surface area (Å²) in [7, 11) is 0. The Hall–Kier alpha value is -0.680. The van der Waals surface area contributed by atoms with Gasteiger partial charge in [-0.1, -0.05) is 34.1 Å². The van der Waals surface area contributed by atoms with E-state index in [-0.39, 0.29) is 4.83 Å². The summed E-state index contributed by atoms with van der Waals surface area (Å²) in [6.45, 7) is 4.17. The van der Waals surface area contributed by atoms with E-state index in [1.807, 2.05) is 12.3 Å². The minimum Gasteiger partial charge on any atom is -0.219 e. The second-order valence-corrected chi connectivity index (χ2v) is 5.88. The van der Waals surface area contributed by atoms with Gasteiger partial charge in [-0.2, -0.15) is 0 Å². The molecule has 17 heavy (non-hydrogen) atoms. The fourth-order valence-electron chi connectivity index (χ4n) is 1.55. The molecule has 0 N–H and O–H groups in total. The van der Waals surface area contributed by atoms with Crippen LogP contribution in [0.5, 0.6) is 0 Å². The summed E-state index contributed by atoms with van der Waals surface area (Å²) in [4.78, 5) is 0.264. The van der Waals surface area contributed by atoms with Gasteiger partial charge in [0.1, 0.15) is 0 Å². The van der Waals surface area contributed by atoms with Crippen molar-refractivity contribution in [3.8, 4) is 5.69 Å². The molecule has 2 aromatic rings. The van der Waals surface area contributed by atoms with E-state index in [0.717, 1.165) is 22.3 Å². The lowest BCUT2D eigenvalue weighted by Crippen LogP contribution is -1.96. The summed E-state index contributed by atoms with van der Waals surface area (Å²) in [6.07, 6.45) is 2.95. The van der Waals surface area contributed by atoms with Gasteiger partial charge in [-0.3, -0.25) is 0 Å². The zero-order chi connectivity index (χ0) is 12.4. The Morgan fingerprint density at radius 1 is 1.41 bits per heavy atom. The Kier molecular flexibility index (Phi) is 3.99. The van der Waals surface area contributed by atoms with E-state index in [2.05, 4.69) is 68.2 Å². The molecule has 0 aliphatic heterocycles. The van der Waals surface area contributed by atoms with Gasteiger partial charge in [-0.05, 0) is 47.0 Å². The van der Waals surface area contributed by atoms with Crippen LogP contribution < -0.4 is 0 Å². The molecule has 0 saturated heterocycles. The van der Waals surface area contributed by atoms with E-state index in [0.29, 0.717) is 0 Å². The summed E-state index contributed by atoms with van der Waals surface area (Å²) in [6, 6.07) is 6.17. The number of nitrogens with zero attached hydrogens (tertiary/aromatic N) is 3. The van der Waals surface area contributed by atoms with Crippen LogP contribution in [0, 0.1) is 6.92 Å². The number of alkyl halides is 1. The Labute approximate surface area is 117 Å². The molecular weight excluding hydrogens is 346 g/mol. The Morgan fingerprint density at radius 2 is 2.18 bits per heavy atom. The molecule has 0 bridgehead atoms. The van der Waals surface area contributed by atoms with Gasteiger partial charge in [-0.25, -0.2) is 4.68 Å². The number of aromatic nitrogens is 3. The van der Waals surface area contributed by atoms with Crippen molar-refractivity contribution in [2.45, 2.75) is 25.1 Å². The average Bonchev–Trinajstić information content (AvgIpc) is 2.80. The molecular formula is C12H13Br2N3. The van der Waals surface area contributed by atoms with Crippen molar-refractivity contribution < 1.29 is 0 Å². The third kappa shape index (κ3) is 2.77. The van der Waals surface area contributed by atoms with Crippen molar-refractivity contribution in [2.24, 2.45) is 0 Å². The van der Waals surface area contributed by atoms with Crippen LogP contribution in [0.1, 0.15) is 29.4 Å². The van der Waals surface area contributed by atoms with Crippen molar-refractivity contribution in [2.75, 3.05) is 0 Å². The SMILES string of the molecule is CCC(Br)c1cn(-c2cc(C)ccc2Br)nn1. The van der Waals surface area contributed by atoms with E-state index in [9.17, 15) is 0 Å². The lowest BCUT2D eigenvalue weighted by Gasteiger charge is -2.04. The Morgan fingerprint density at radius 3 is 2.88 bits per heavy atom. The van der Waals surface area contributed by atoms with Gasteiger partial charge in [0.05, 0.1) is 22.4 Å². The molecule has 0 fully saturated rings. The molecule has 3 nitrogen and oxygen atoms in total. The third-order valence-corrected chi connectivity index (χ3v) is 4.33. The normalized spacial score (nSPS) is 12.7. The van der Waals surface area contributed by atoms with Crippen LogP contribution in [0.2, 0.25) is 0 Å². The average molecular weight is 359 g/mol. The maximum absolute atomic E-state index is 4.18. The molecule has 1 atom stereocenters. The zero-order valence-electron chi connectivity index (χ0n) is 9.69. The minimum absolute atomic E-state index is 0.264. The highest BCUT2D eigenvalue weighted by atomic mass is 79.9. The molecule has 2 rings (SSSR count). The number of hydrogen-bond donors (Lipinski definition) is 0. The van der Waals surface area contributed by atoms with Crippen LogP contribution in [-0.2, 0) is 0 Å². The van der Waals surface area contributed by atoms with E-state index < -0.39 is 0 Å². The Bertz CT molecular complexity index is 522. The molecule has 1 unspecified atom stereocenters. The summed E-state index contributed by atoms with van der Waals surface area (Å²) in [5.41, 5.74) is 3.17. The fourth-order valence-corrected chi connectivity index (χ4v) is 2.18. The molecule has 0 amide bonds. The largest absolute Gasteiger partial charge is 0.219 e. The van der Waals surface area contributed by atoms with Crippen molar-refractivity contribution in [1.82, 2.24) is 15.0 Å². The van der Waals surface area contributed by atoms with Crippen LogP contribution >= 0.6 is 31.9 Å². The minimum atomic E-state index is 0.264. The highest BCUT2D eigenvalue weighted by molar-refractivity contribution is 9.10. The van der Waals surface area contributed by atoms with Crippen LogP contribution in [0.3, 0.4) is 0 Å². The molecule has 0 aliphatic carbocycles. The highest BCUT2D eigenvalue weighted by Gasteiger charge is 2.11. The van der Waals surface area contributed by atoms with Crippen LogP contribution in [0.25, 0.3) is 5.69 Å². The first-order chi connectivity index (χ1) is 8.11. The quantitative estimate of drug-likeness (QED) is 0.770. The van der Waals surface area contributed by atoms with Gasteiger partial charge in [0, 0.05) is 4.47 Å². The first-order valence-corrected chi connectivity index (χ1v) is 7.15. The van der Waals surface area contributed by atoms with E-state index in [4.69, 9.17) is 0 Å². The number of hydrogen-bond acceptors (Lipinski definition) is 2. The van der Waals surface area contributed by atoms with Gasteiger partial charge >= 0.3 is 0 Å². The highest BCUT2D eigenvalue weighted by Crippen LogP contribution is 2.26. The van der Waals surface area contributed by atoms with Crippen LogP contribution in [0.15, 0.2) is 28.9 Å². The van der Waals surface area contributed by atoms with Gasteiger partial charge in [0.25, 0.3) is 0 Å². The van der Waals surface area contributed by atoms with E-state index in [1.165, 1.54) is 5.56 Å². The number of halogens is 2. The van der Waals surface area contributed by atoms with Crippen LogP contribution in [-0.4, -0.2) is 15.0 Å². The molecule has 1 heterocycles. The van der Waals surface area contributed by atoms with E-state index >= 15 is 0 Å². The van der Waals surface area contributed by atoms with Gasteiger partial charge in [-0.15, -0.1) is 5.10 Å². The topological polar surface area (TPSA) is 30.7 Å². The predicted octanol–water partition coefficient (Wildman–Crippen LogP) is 4.18. The first kappa shape index (κ1) is 12.8. The molecule has 0 radical (unpaired) electrons. The molecule has 90 valence electrons. The van der Waals surface area contributed by atoms with Gasteiger partial charge in [0.2, 0.25) is 0 Å². The molecule has 0 saturated carbocycles. The molecule has 5 heteroatoms. The second-order valence-electron chi connectivity index (χ2n) is 3.92. The molecule has 1 aromatic carbocycles. The third-order valence-electron chi connectivity index (χ3n) is 2.54. The lowest BCUT2D eigenvalue weighted by molar-refractivity contribution is 0.787. The van der Waals surface area contributed by atoms with Crippen molar-refractivity contribution in [1.29, 1.82) is 0 Å². The maximum atomic E-state index is 4.18. The van der Waals surface area contributed by atoms with Gasteiger partial charge < -0.3 is 0 Å². The van der Waals surface area contributed by atoms with Crippen molar-refractivity contribution >= 4 is 31.9 Å². The summed E-state index contributed by atoms with van der Waals surface area (Å²) < 4.78 is 2.82. The van der Waals surface area contributed by atoms with Crippen LogP contribution in [0.4, 0.5) is 0 Å². The monoisotopic (exact) mass is 357 g/mol. The van der Waals surface area contributed by atoms with Gasteiger partial charge in [0.15, 0.2) is 0 Å². The molecule has 0 spiro atoms. The fraction of sp³-hybridized carbons (Fsp3) is 0.333. The predicted molar refractivity (Wildman–Crippen MR) is 75.8 cm³/mol. The molecule has 0 aliphatic rings. The number of aryl methyl sites for hydroxylation is 1. The standard InChI is InChI=1S/C12H13Br2N3/c1-3-9(13)11-7-17(16-15-11)12-6-8(2)4-5-10(12)14/h4-7,9H,3H2,1-2H3. The first-order valence-electron chi connectivity index (χ1n) is 5.44. The lowest BCUT2D eigenvalue weighted by atomic mass is 10.2. The second kappa shape index (κ2) is 5.31. The summed E-state index contributed by atoms with van der Waals surface area (Å²) >= 11 is 7.11. The number of rotatable bonds is 3. The van der Waals surface area contributed by atoms with Crippen molar-refractivity contribution in [3.05, 3.63) is 40.1 Å². The Balaban J connectivity index is 2.40. The maximum Gasteiger partial charge on any atom is 0.0967 e. The number of benzene rings is 1. The van der Waals surface area contributed by atoms with E-state index in [1.54, 1.807) is 4.68 Å². The summed E-state index contributed by atoms with van der Waals surface area (Å²) in [5, 5.41) is 8.34. The summed E-state index contributed by atoms with van der Waals surface area (Å²) in [5.74, 6) is 0.